The molecule has 1 N–H and O–H groups in total. The van der Waals surface area contributed by atoms with Gasteiger partial charge >= 0.3 is 0 Å². The third-order valence-electron chi connectivity index (χ3n) is 2.94. The Morgan fingerprint density at radius 1 is 1.18 bits per heavy atom. The van der Waals surface area contributed by atoms with E-state index in [-0.39, 0.29) is 5.91 Å². The largest absolute Gasteiger partial charge is 0.352 e. The molecule has 1 fully saturated rings. The van der Waals surface area contributed by atoms with Crippen LogP contribution in [0.2, 0.25) is 0 Å². The number of nitrogens with one attached hydrogen (secondary N) is 1. The Kier molecular flexibility index (Phi) is 13.5. The van der Waals surface area contributed by atoms with Crippen LogP contribution in [0.15, 0.2) is 30.3 Å². The third-order valence-corrected chi connectivity index (χ3v) is 2.94. The molecule has 0 unspecified atom stereocenters. The monoisotopic (exact) mass is 314 g/mol. The maximum absolute atomic E-state index is 11.5. The first kappa shape index (κ1) is 20.5. The number of hydrogen-bond donors (Lipinski definition) is 1. The van der Waals surface area contributed by atoms with E-state index in [1.54, 1.807) is 0 Å². The zero-order chi connectivity index (χ0) is 16.6. The van der Waals surface area contributed by atoms with E-state index in [1.165, 1.54) is 12.8 Å². The topological polar surface area (TPSA) is 32.3 Å². The number of benzene rings is 1. The zero-order valence-corrected chi connectivity index (χ0v) is 13.7. The van der Waals surface area contributed by atoms with Crippen molar-refractivity contribution >= 4 is 5.91 Å². The SMILES string of the molecule is CCC.FCF.O=C(CCN1CCC1)NCc1ccccc1. The van der Waals surface area contributed by atoms with Gasteiger partial charge in [0.05, 0.1) is 0 Å². The average Bonchev–Trinajstić information content (AvgIpc) is 2.46. The Balaban J connectivity index is 0.000000639. The van der Waals surface area contributed by atoms with Gasteiger partial charge in [-0.05, 0) is 25.1 Å². The van der Waals surface area contributed by atoms with Crippen molar-refractivity contribution in [2.75, 3.05) is 26.6 Å². The number of carbonyl (C=O) groups excluding carboxylic acids is 1. The highest BCUT2D eigenvalue weighted by molar-refractivity contribution is 5.76. The van der Waals surface area contributed by atoms with Gasteiger partial charge in [0.2, 0.25) is 12.8 Å². The molecule has 0 atom stereocenters. The lowest BCUT2D eigenvalue weighted by Gasteiger charge is -2.30. The summed E-state index contributed by atoms with van der Waals surface area (Å²) < 4.78 is 19.2. The average molecular weight is 314 g/mol. The van der Waals surface area contributed by atoms with Crippen LogP contribution < -0.4 is 5.32 Å². The molecule has 126 valence electrons. The van der Waals surface area contributed by atoms with E-state index >= 15 is 0 Å². The summed E-state index contributed by atoms with van der Waals surface area (Å²) in [6.07, 6.45) is 3.15. The number of hydrogen-bond acceptors (Lipinski definition) is 2. The van der Waals surface area contributed by atoms with E-state index in [0.717, 1.165) is 25.2 Å². The second-order valence-corrected chi connectivity index (χ2v) is 5.02. The number of carbonyl (C=O) groups is 1. The lowest BCUT2D eigenvalue weighted by molar-refractivity contribution is -0.121. The Morgan fingerprint density at radius 3 is 2.18 bits per heavy atom. The Labute approximate surface area is 132 Å². The highest BCUT2D eigenvalue weighted by Crippen LogP contribution is 2.05. The van der Waals surface area contributed by atoms with Crippen LogP contribution >= 0.6 is 0 Å². The summed E-state index contributed by atoms with van der Waals surface area (Å²) >= 11 is 0. The van der Waals surface area contributed by atoms with Gasteiger partial charge in [0, 0.05) is 19.5 Å². The first-order valence-corrected chi connectivity index (χ1v) is 7.82. The summed E-state index contributed by atoms with van der Waals surface area (Å²) in [7, 11) is 0. The Hall–Kier alpha value is -1.49. The fourth-order valence-electron chi connectivity index (χ4n) is 1.75. The quantitative estimate of drug-likeness (QED) is 0.899. The Morgan fingerprint density at radius 2 is 1.73 bits per heavy atom. The second-order valence-electron chi connectivity index (χ2n) is 5.02. The summed E-state index contributed by atoms with van der Waals surface area (Å²) in [5, 5.41) is 2.94. The molecule has 1 aliphatic heterocycles. The normalized spacial score (nSPS) is 12.9. The standard InChI is InChI=1S/C13H18N2O.C3H8.CH2F2/c16-13(7-10-15-8-4-9-15)14-11-12-5-2-1-3-6-12;1-3-2;2-1-3/h1-3,5-6H,4,7-11H2,(H,14,16);3H2,1-2H3;1H2. The zero-order valence-electron chi connectivity index (χ0n) is 13.7. The van der Waals surface area contributed by atoms with Crippen LogP contribution in [-0.2, 0) is 11.3 Å². The predicted molar refractivity (Wildman–Crippen MR) is 87.0 cm³/mol. The fourth-order valence-corrected chi connectivity index (χ4v) is 1.75. The van der Waals surface area contributed by atoms with Crippen molar-refractivity contribution in [1.29, 1.82) is 0 Å². The van der Waals surface area contributed by atoms with Crippen LogP contribution in [0.1, 0.15) is 38.7 Å². The van der Waals surface area contributed by atoms with Crippen LogP contribution in [0.4, 0.5) is 8.78 Å². The highest BCUT2D eigenvalue weighted by atomic mass is 19.3. The molecule has 22 heavy (non-hydrogen) atoms. The molecule has 0 radical (unpaired) electrons. The summed E-state index contributed by atoms with van der Waals surface area (Å²) in [5.41, 5.74) is 1.15. The van der Waals surface area contributed by atoms with Crippen LogP contribution in [-0.4, -0.2) is 37.4 Å². The maximum atomic E-state index is 11.5. The molecule has 0 saturated carbocycles. The maximum Gasteiger partial charge on any atom is 0.229 e. The minimum absolute atomic E-state index is 0.149. The molecule has 1 saturated heterocycles. The summed E-state index contributed by atoms with van der Waals surface area (Å²) in [6, 6.07) is 10.0. The number of rotatable bonds is 5. The van der Waals surface area contributed by atoms with E-state index in [0.29, 0.717) is 13.0 Å². The summed E-state index contributed by atoms with van der Waals surface area (Å²) in [5.74, 6) is 0.149. The van der Waals surface area contributed by atoms with Gasteiger partial charge in [0.15, 0.2) is 0 Å². The number of likely N-dealkylation sites (tertiary alicyclic amines) is 1. The van der Waals surface area contributed by atoms with Crippen molar-refractivity contribution in [1.82, 2.24) is 10.2 Å². The van der Waals surface area contributed by atoms with Crippen LogP contribution in [0, 0.1) is 0 Å². The Bertz CT molecular complexity index is 368. The van der Waals surface area contributed by atoms with Gasteiger partial charge in [-0.15, -0.1) is 0 Å². The van der Waals surface area contributed by atoms with Crippen LogP contribution in [0.25, 0.3) is 0 Å². The molecule has 3 nitrogen and oxygen atoms in total. The molecule has 1 aromatic rings. The molecule has 1 aromatic carbocycles. The fraction of sp³-hybridized carbons (Fsp3) is 0.588. The molecule has 2 rings (SSSR count). The lowest BCUT2D eigenvalue weighted by atomic mass is 10.2. The van der Waals surface area contributed by atoms with Gasteiger partial charge in [-0.3, -0.25) is 4.79 Å². The summed E-state index contributed by atoms with van der Waals surface area (Å²) in [4.78, 5) is 13.8. The van der Waals surface area contributed by atoms with Crippen LogP contribution in [0.5, 0.6) is 0 Å². The first-order valence-electron chi connectivity index (χ1n) is 7.82. The van der Waals surface area contributed by atoms with Gasteiger partial charge < -0.3 is 10.2 Å². The minimum atomic E-state index is -1.75. The minimum Gasteiger partial charge on any atom is -0.352 e. The summed E-state index contributed by atoms with van der Waals surface area (Å²) in [6.45, 7) is 6.36. The van der Waals surface area contributed by atoms with Gasteiger partial charge in [-0.2, -0.15) is 0 Å². The number of alkyl halides is 2. The second kappa shape index (κ2) is 14.4. The number of nitrogens with zero attached hydrogens (tertiary/aromatic N) is 1. The molecule has 0 bridgehead atoms. The molecule has 1 heterocycles. The van der Waals surface area contributed by atoms with Crippen LogP contribution in [0.3, 0.4) is 0 Å². The van der Waals surface area contributed by atoms with Crippen molar-refractivity contribution in [3.63, 3.8) is 0 Å². The van der Waals surface area contributed by atoms with E-state index in [4.69, 9.17) is 0 Å². The third kappa shape index (κ3) is 11.2. The predicted octanol–water partition coefficient (Wildman–Crippen LogP) is 3.70. The van der Waals surface area contributed by atoms with E-state index in [9.17, 15) is 13.6 Å². The van der Waals surface area contributed by atoms with Crippen molar-refractivity contribution in [2.45, 2.75) is 39.7 Å². The lowest BCUT2D eigenvalue weighted by Crippen LogP contribution is -2.39. The molecular weight excluding hydrogens is 286 g/mol. The number of amides is 1. The van der Waals surface area contributed by atoms with Gasteiger partial charge in [-0.25, -0.2) is 8.78 Å². The van der Waals surface area contributed by atoms with E-state index in [2.05, 4.69) is 24.1 Å². The van der Waals surface area contributed by atoms with Gasteiger partial charge in [-0.1, -0.05) is 50.6 Å². The molecule has 1 aliphatic rings. The van der Waals surface area contributed by atoms with E-state index in [1.807, 2.05) is 30.3 Å². The molecule has 0 aromatic heterocycles. The molecule has 0 aliphatic carbocycles. The van der Waals surface area contributed by atoms with E-state index < -0.39 is 6.93 Å². The van der Waals surface area contributed by atoms with Crippen molar-refractivity contribution in [3.8, 4) is 0 Å². The van der Waals surface area contributed by atoms with Crippen molar-refractivity contribution in [3.05, 3.63) is 35.9 Å². The first-order chi connectivity index (χ1) is 10.7. The molecule has 0 spiro atoms. The number of halogens is 2. The molecular formula is C17H28F2N2O. The highest BCUT2D eigenvalue weighted by Gasteiger charge is 2.14. The molecule has 1 amide bonds. The van der Waals surface area contributed by atoms with Gasteiger partial charge in [0.25, 0.3) is 0 Å². The van der Waals surface area contributed by atoms with Gasteiger partial charge in [0.1, 0.15) is 0 Å². The van der Waals surface area contributed by atoms with Crippen molar-refractivity contribution in [2.24, 2.45) is 0 Å². The smallest absolute Gasteiger partial charge is 0.229 e. The van der Waals surface area contributed by atoms with Crippen molar-refractivity contribution < 1.29 is 13.6 Å². The molecule has 5 heteroatoms.